The van der Waals surface area contributed by atoms with Crippen molar-refractivity contribution >= 4 is 0 Å². The lowest BCUT2D eigenvalue weighted by Gasteiger charge is -2.39. The molecule has 0 aliphatic carbocycles. The first kappa shape index (κ1) is 12.5. The van der Waals surface area contributed by atoms with Gasteiger partial charge in [-0.05, 0) is 25.8 Å². The van der Waals surface area contributed by atoms with Crippen LogP contribution in [0.3, 0.4) is 0 Å². The smallest absolute Gasteiger partial charge is 0.105 e. The van der Waals surface area contributed by atoms with Gasteiger partial charge in [-0.2, -0.15) is 5.10 Å². The van der Waals surface area contributed by atoms with E-state index in [0.29, 0.717) is 19.8 Å². The fourth-order valence-corrected chi connectivity index (χ4v) is 2.40. The Morgan fingerprint density at radius 1 is 1.59 bits per heavy atom. The van der Waals surface area contributed by atoms with E-state index in [2.05, 4.69) is 5.10 Å². The van der Waals surface area contributed by atoms with Gasteiger partial charge in [0.05, 0.1) is 5.69 Å². The second-order valence-corrected chi connectivity index (χ2v) is 4.92. The molecule has 1 aromatic heterocycles. The molecule has 0 amide bonds. The number of nitrogens with two attached hydrogens (primary N) is 1. The summed E-state index contributed by atoms with van der Waals surface area (Å²) in [6.07, 6.45) is 0.983. The summed E-state index contributed by atoms with van der Waals surface area (Å²) in [5.41, 5.74) is 7.35. The Bertz CT molecular complexity index is 364. The highest BCUT2D eigenvalue weighted by molar-refractivity contribution is 5.14. The van der Waals surface area contributed by atoms with E-state index >= 15 is 0 Å². The van der Waals surface area contributed by atoms with E-state index in [-0.39, 0.29) is 5.41 Å². The number of hydrogen-bond acceptors (Lipinski definition) is 4. The summed E-state index contributed by atoms with van der Waals surface area (Å²) in [6.45, 7) is 3.77. The van der Waals surface area contributed by atoms with E-state index in [1.165, 1.54) is 0 Å². The maximum absolute atomic E-state index is 10.5. The molecule has 1 unspecified atom stereocenters. The number of hydrogen-bond donors (Lipinski definition) is 2. The number of aliphatic hydroxyl groups excluding tert-OH is 1. The molecule has 5 nitrogen and oxygen atoms in total. The fraction of sp³-hybridized carbons (Fsp3) is 0.750. The van der Waals surface area contributed by atoms with Gasteiger partial charge in [0, 0.05) is 37.9 Å². The summed E-state index contributed by atoms with van der Waals surface area (Å²) in [5, 5.41) is 14.9. The molecule has 0 radical (unpaired) electrons. The largest absolute Gasteiger partial charge is 0.386 e. The Morgan fingerprint density at radius 2 is 2.24 bits per heavy atom. The van der Waals surface area contributed by atoms with E-state index in [0.717, 1.165) is 24.2 Å². The minimum atomic E-state index is -0.601. The van der Waals surface area contributed by atoms with Gasteiger partial charge in [-0.15, -0.1) is 0 Å². The van der Waals surface area contributed by atoms with Crippen molar-refractivity contribution in [1.82, 2.24) is 9.78 Å². The molecule has 1 saturated heterocycles. The van der Waals surface area contributed by atoms with Crippen LogP contribution in [0.15, 0.2) is 6.07 Å². The van der Waals surface area contributed by atoms with Gasteiger partial charge in [0.2, 0.25) is 0 Å². The van der Waals surface area contributed by atoms with Crippen LogP contribution in [0.4, 0.5) is 0 Å². The van der Waals surface area contributed by atoms with Crippen LogP contribution < -0.4 is 5.73 Å². The summed E-state index contributed by atoms with van der Waals surface area (Å²) >= 11 is 0. The first-order valence-corrected chi connectivity index (χ1v) is 6.05. The number of nitrogens with zero attached hydrogens (tertiary/aromatic N) is 2. The van der Waals surface area contributed by atoms with Crippen LogP contribution in [0.5, 0.6) is 0 Å². The Hall–Kier alpha value is -0.910. The number of aryl methyl sites for hydroxylation is 2. The van der Waals surface area contributed by atoms with E-state index in [1.54, 1.807) is 4.68 Å². The molecule has 0 aromatic carbocycles. The Morgan fingerprint density at radius 3 is 2.71 bits per heavy atom. The number of aromatic nitrogens is 2. The first-order chi connectivity index (χ1) is 8.09. The summed E-state index contributed by atoms with van der Waals surface area (Å²) < 4.78 is 7.13. The lowest BCUT2D eigenvalue weighted by Crippen LogP contribution is -2.41. The minimum absolute atomic E-state index is 0.279. The second kappa shape index (κ2) is 4.76. The average molecular weight is 239 g/mol. The molecule has 1 aliphatic heterocycles. The summed E-state index contributed by atoms with van der Waals surface area (Å²) in [5.74, 6) is 0. The van der Waals surface area contributed by atoms with Crippen LogP contribution in [-0.4, -0.2) is 34.6 Å². The van der Waals surface area contributed by atoms with Crippen molar-refractivity contribution in [3.05, 3.63) is 17.5 Å². The summed E-state index contributed by atoms with van der Waals surface area (Å²) in [4.78, 5) is 0. The van der Waals surface area contributed by atoms with Gasteiger partial charge in [-0.1, -0.05) is 0 Å². The van der Waals surface area contributed by atoms with Gasteiger partial charge in [0.1, 0.15) is 6.10 Å². The molecule has 0 saturated carbocycles. The second-order valence-electron chi connectivity index (χ2n) is 4.92. The predicted octanol–water partition coefficient (Wildman–Crippen LogP) is 0.517. The van der Waals surface area contributed by atoms with Crippen LogP contribution in [0.1, 0.15) is 30.3 Å². The first-order valence-electron chi connectivity index (χ1n) is 6.05. The zero-order chi connectivity index (χ0) is 12.5. The SMILES string of the molecule is Cc1cc(C(O)C2(CN)CCOCC2)nn1C. The molecule has 96 valence electrons. The monoisotopic (exact) mass is 239 g/mol. The van der Waals surface area contributed by atoms with Crippen LogP contribution in [0.25, 0.3) is 0 Å². The quantitative estimate of drug-likeness (QED) is 0.806. The van der Waals surface area contributed by atoms with Gasteiger partial charge in [-0.25, -0.2) is 0 Å². The standard InChI is InChI=1S/C12H21N3O2/c1-9-7-10(14-15(9)2)11(16)12(8-13)3-5-17-6-4-12/h7,11,16H,3-6,8,13H2,1-2H3. The molecular formula is C12H21N3O2. The Kier molecular flexibility index (Phi) is 3.51. The fourth-order valence-electron chi connectivity index (χ4n) is 2.40. The minimum Gasteiger partial charge on any atom is -0.386 e. The lowest BCUT2D eigenvalue weighted by molar-refractivity contribution is -0.0599. The van der Waals surface area contributed by atoms with E-state index < -0.39 is 6.10 Å². The van der Waals surface area contributed by atoms with Gasteiger partial charge >= 0.3 is 0 Å². The van der Waals surface area contributed by atoms with Gasteiger partial charge in [-0.3, -0.25) is 4.68 Å². The van der Waals surface area contributed by atoms with Crippen molar-refractivity contribution in [1.29, 1.82) is 0 Å². The Balaban J connectivity index is 2.24. The van der Waals surface area contributed by atoms with E-state index in [4.69, 9.17) is 10.5 Å². The van der Waals surface area contributed by atoms with Gasteiger partial charge < -0.3 is 15.6 Å². The van der Waals surface area contributed by atoms with Crippen molar-refractivity contribution in [2.24, 2.45) is 18.2 Å². The Labute approximate surface area is 102 Å². The van der Waals surface area contributed by atoms with Crippen LogP contribution in [-0.2, 0) is 11.8 Å². The van der Waals surface area contributed by atoms with Gasteiger partial charge in [0.25, 0.3) is 0 Å². The highest BCUT2D eigenvalue weighted by atomic mass is 16.5. The molecule has 1 fully saturated rings. The molecule has 17 heavy (non-hydrogen) atoms. The molecule has 3 N–H and O–H groups in total. The zero-order valence-corrected chi connectivity index (χ0v) is 10.5. The molecule has 1 atom stereocenters. The average Bonchev–Trinajstić information content (AvgIpc) is 2.69. The molecule has 5 heteroatoms. The predicted molar refractivity (Wildman–Crippen MR) is 64.4 cm³/mol. The number of aliphatic hydroxyl groups is 1. The maximum atomic E-state index is 10.5. The van der Waals surface area contributed by atoms with Gasteiger partial charge in [0.15, 0.2) is 0 Å². The third-order valence-corrected chi connectivity index (χ3v) is 3.89. The number of ether oxygens (including phenoxy) is 1. The normalized spacial score (nSPS) is 21.4. The third-order valence-electron chi connectivity index (χ3n) is 3.89. The van der Waals surface area contributed by atoms with Crippen LogP contribution >= 0.6 is 0 Å². The molecule has 2 rings (SSSR count). The molecule has 0 spiro atoms. The van der Waals surface area contributed by atoms with E-state index in [1.807, 2.05) is 20.0 Å². The topological polar surface area (TPSA) is 73.3 Å². The summed E-state index contributed by atoms with van der Waals surface area (Å²) in [7, 11) is 1.88. The van der Waals surface area contributed by atoms with Crippen molar-refractivity contribution < 1.29 is 9.84 Å². The highest BCUT2D eigenvalue weighted by Gasteiger charge is 2.40. The molecule has 2 heterocycles. The maximum Gasteiger partial charge on any atom is 0.105 e. The highest BCUT2D eigenvalue weighted by Crippen LogP contribution is 2.41. The molecule has 1 aromatic rings. The van der Waals surface area contributed by atoms with Crippen LogP contribution in [0, 0.1) is 12.3 Å². The third kappa shape index (κ3) is 2.22. The van der Waals surface area contributed by atoms with Crippen molar-refractivity contribution in [2.45, 2.75) is 25.9 Å². The summed E-state index contributed by atoms with van der Waals surface area (Å²) in [6, 6.07) is 1.93. The zero-order valence-electron chi connectivity index (χ0n) is 10.5. The van der Waals surface area contributed by atoms with Crippen molar-refractivity contribution in [3.63, 3.8) is 0 Å². The lowest BCUT2D eigenvalue weighted by atomic mass is 9.74. The van der Waals surface area contributed by atoms with E-state index in [9.17, 15) is 5.11 Å². The molecule has 0 bridgehead atoms. The number of rotatable bonds is 3. The van der Waals surface area contributed by atoms with Crippen LogP contribution in [0.2, 0.25) is 0 Å². The van der Waals surface area contributed by atoms with Crippen molar-refractivity contribution in [2.75, 3.05) is 19.8 Å². The molecular weight excluding hydrogens is 218 g/mol. The van der Waals surface area contributed by atoms with Crippen molar-refractivity contribution in [3.8, 4) is 0 Å². The molecule has 1 aliphatic rings.